The van der Waals surface area contributed by atoms with Crippen molar-refractivity contribution in [3.63, 3.8) is 0 Å². The Hall–Kier alpha value is -1.78. The van der Waals surface area contributed by atoms with Gasteiger partial charge in [-0.15, -0.1) is 0 Å². The van der Waals surface area contributed by atoms with E-state index in [1.54, 1.807) is 13.0 Å². The van der Waals surface area contributed by atoms with Crippen LogP contribution in [0.25, 0.3) is 0 Å². The van der Waals surface area contributed by atoms with Crippen molar-refractivity contribution >= 4 is 17.4 Å². The molecule has 0 unspecified atom stereocenters. The van der Waals surface area contributed by atoms with Gasteiger partial charge in [0.15, 0.2) is 5.78 Å². The fourth-order valence-corrected chi connectivity index (χ4v) is 3.63. The van der Waals surface area contributed by atoms with Crippen molar-refractivity contribution in [3.05, 3.63) is 58.6 Å². The lowest BCUT2D eigenvalue weighted by atomic mass is 10.2. The van der Waals surface area contributed by atoms with Crippen LogP contribution in [0.2, 0.25) is 0 Å². The zero-order chi connectivity index (χ0) is 20.6. The topological polar surface area (TPSA) is 28.5 Å². The average Bonchev–Trinajstić information content (AvgIpc) is 2.94. The van der Waals surface area contributed by atoms with E-state index in [1.807, 2.05) is 44.5 Å². The maximum Gasteiger partial charge on any atom is 0.176 e. The molecule has 0 aliphatic carbocycles. The SMILES string of the molecule is C=C/C=C(Cl)\C(=C/C)N1CCN(Cc2cc(C(C)=O)n(C)c2C)CC1.CC. The second-order valence-corrected chi connectivity index (χ2v) is 6.85. The molecule has 27 heavy (non-hydrogen) atoms. The van der Waals surface area contributed by atoms with Gasteiger partial charge in [-0.05, 0) is 31.6 Å². The van der Waals surface area contributed by atoms with Crippen molar-refractivity contribution in [1.82, 2.24) is 14.4 Å². The van der Waals surface area contributed by atoms with E-state index in [0.29, 0.717) is 0 Å². The van der Waals surface area contributed by atoms with Gasteiger partial charge in [0.2, 0.25) is 0 Å². The molecule has 0 radical (unpaired) electrons. The van der Waals surface area contributed by atoms with E-state index >= 15 is 0 Å². The van der Waals surface area contributed by atoms with Crippen LogP contribution in [0, 0.1) is 6.92 Å². The third-order valence-corrected chi connectivity index (χ3v) is 5.21. The molecule has 1 aromatic heterocycles. The van der Waals surface area contributed by atoms with E-state index < -0.39 is 0 Å². The molecule has 5 heteroatoms. The third-order valence-electron chi connectivity index (χ3n) is 4.89. The Labute approximate surface area is 169 Å². The van der Waals surface area contributed by atoms with Gasteiger partial charge in [0.05, 0.1) is 16.4 Å². The van der Waals surface area contributed by atoms with Gasteiger partial charge in [0, 0.05) is 52.4 Å². The van der Waals surface area contributed by atoms with Crippen molar-refractivity contribution < 1.29 is 4.79 Å². The molecule has 0 aromatic carbocycles. The van der Waals surface area contributed by atoms with Crippen LogP contribution in [0.3, 0.4) is 0 Å². The molecule has 150 valence electrons. The number of carbonyl (C=O) groups is 1. The first-order chi connectivity index (χ1) is 12.9. The molecule has 1 saturated heterocycles. The molecule has 1 fully saturated rings. The van der Waals surface area contributed by atoms with Gasteiger partial charge in [-0.1, -0.05) is 44.2 Å². The fourth-order valence-electron chi connectivity index (χ4n) is 3.31. The molecule has 1 aromatic rings. The summed E-state index contributed by atoms with van der Waals surface area (Å²) in [5, 5.41) is 0.732. The number of allylic oxidation sites excluding steroid dienone is 4. The molecule has 1 aliphatic heterocycles. The third kappa shape index (κ3) is 5.85. The van der Waals surface area contributed by atoms with E-state index in [9.17, 15) is 4.79 Å². The Bertz CT molecular complexity index is 707. The lowest BCUT2D eigenvalue weighted by molar-refractivity contribution is 0.101. The van der Waals surface area contributed by atoms with Crippen molar-refractivity contribution in [2.45, 2.75) is 41.2 Å². The molecule has 0 amide bonds. The number of carbonyl (C=O) groups excluding carboxylic acids is 1. The van der Waals surface area contributed by atoms with Crippen LogP contribution in [0.5, 0.6) is 0 Å². The molecule has 0 bridgehead atoms. The number of aromatic nitrogens is 1. The highest BCUT2D eigenvalue weighted by molar-refractivity contribution is 6.32. The van der Waals surface area contributed by atoms with Crippen LogP contribution < -0.4 is 0 Å². The van der Waals surface area contributed by atoms with Crippen LogP contribution in [0.4, 0.5) is 0 Å². The van der Waals surface area contributed by atoms with Gasteiger partial charge in [-0.3, -0.25) is 9.69 Å². The molecule has 1 aliphatic rings. The number of rotatable bonds is 6. The Morgan fingerprint density at radius 3 is 2.30 bits per heavy atom. The Balaban J connectivity index is 0.00000176. The number of piperazine rings is 1. The number of hydrogen-bond donors (Lipinski definition) is 0. The fraction of sp³-hybridized carbons (Fsp3) is 0.500. The zero-order valence-corrected chi connectivity index (χ0v) is 18.4. The largest absolute Gasteiger partial charge is 0.368 e. The molecular formula is C22H34ClN3O. The Morgan fingerprint density at radius 2 is 1.85 bits per heavy atom. The zero-order valence-electron chi connectivity index (χ0n) is 17.7. The van der Waals surface area contributed by atoms with Crippen molar-refractivity contribution in [2.24, 2.45) is 7.05 Å². The summed E-state index contributed by atoms with van der Waals surface area (Å²) in [6.45, 7) is 18.1. The molecule has 2 heterocycles. The predicted octanol–water partition coefficient (Wildman–Crippen LogP) is 4.89. The van der Waals surface area contributed by atoms with Gasteiger partial charge >= 0.3 is 0 Å². The van der Waals surface area contributed by atoms with Gasteiger partial charge in [0.25, 0.3) is 0 Å². The molecule has 4 nitrogen and oxygen atoms in total. The summed E-state index contributed by atoms with van der Waals surface area (Å²) in [7, 11) is 1.96. The van der Waals surface area contributed by atoms with Crippen molar-refractivity contribution in [2.75, 3.05) is 26.2 Å². The van der Waals surface area contributed by atoms with E-state index in [2.05, 4.69) is 29.4 Å². The van der Waals surface area contributed by atoms with Gasteiger partial charge < -0.3 is 9.47 Å². The monoisotopic (exact) mass is 391 g/mol. The predicted molar refractivity (Wildman–Crippen MR) is 116 cm³/mol. The first kappa shape index (κ1) is 23.3. The average molecular weight is 392 g/mol. The standard InChI is InChI=1S/C20H28ClN3O.C2H6/c1-6-8-18(21)19(7-2)24-11-9-23(10-12-24)14-17-13-20(16(4)25)22(5)15(17)3;1-2/h6-8,13H,1,9-12,14H2,2-5H3;1-2H3/b18-8+,19-7+;. The summed E-state index contributed by atoms with van der Waals surface area (Å²) >= 11 is 6.35. The summed E-state index contributed by atoms with van der Waals surface area (Å²) in [6, 6.07) is 2.03. The molecule has 0 spiro atoms. The van der Waals surface area contributed by atoms with Gasteiger partial charge in [-0.25, -0.2) is 0 Å². The first-order valence-corrected chi connectivity index (χ1v) is 10.0. The summed E-state index contributed by atoms with van der Waals surface area (Å²) in [5.41, 5.74) is 4.25. The lowest BCUT2D eigenvalue weighted by Crippen LogP contribution is -2.45. The maximum atomic E-state index is 11.7. The van der Waals surface area contributed by atoms with Crippen LogP contribution in [0.1, 0.15) is 49.4 Å². The summed E-state index contributed by atoms with van der Waals surface area (Å²) < 4.78 is 1.99. The molecular weight excluding hydrogens is 358 g/mol. The molecule has 2 rings (SSSR count). The normalized spacial score (nSPS) is 16.0. The highest BCUT2D eigenvalue weighted by Crippen LogP contribution is 2.23. The first-order valence-electron chi connectivity index (χ1n) is 9.67. The summed E-state index contributed by atoms with van der Waals surface area (Å²) in [4.78, 5) is 16.5. The van der Waals surface area contributed by atoms with Gasteiger partial charge in [-0.2, -0.15) is 0 Å². The van der Waals surface area contributed by atoms with E-state index in [4.69, 9.17) is 11.6 Å². The maximum absolute atomic E-state index is 11.7. The Kier molecular flexibility index (Phi) is 9.61. The lowest BCUT2D eigenvalue weighted by Gasteiger charge is -2.37. The quantitative estimate of drug-likeness (QED) is 0.510. The number of ketones is 1. The Morgan fingerprint density at radius 1 is 1.26 bits per heavy atom. The molecule has 0 saturated carbocycles. The smallest absolute Gasteiger partial charge is 0.176 e. The second-order valence-electron chi connectivity index (χ2n) is 6.44. The van der Waals surface area contributed by atoms with Crippen molar-refractivity contribution in [1.29, 1.82) is 0 Å². The summed E-state index contributed by atoms with van der Waals surface area (Å²) in [6.07, 6.45) is 5.60. The number of nitrogens with zero attached hydrogens (tertiary/aromatic N) is 3. The summed E-state index contributed by atoms with van der Waals surface area (Å²) in [5.74, 6) is 0.114. The highest BCUT2D eigenvalue weighted by atomic mass is 35.5. The van der Waals surface area contributed by atoms with Crippen LogP contribution in [-0.4, -0.2) is 46.3 Å². The number of halogens is 1. The highest BCUT2D eigenvalue weighted by Gasteiger charge is 2.21. The minimum Gasteiger partial charge on any atom is -0.368 e. The minimum absolute atomic E-state index is 0.114. The number of Topliss-reactive ketones (excluding diaryl/α,β-unsaturated/α-hetero) is 1. The number of hydrogen-bond acceptors (Lipinski definition) is 3. The molecule has 0 N–H and O–H groups in total. The van der Waals surface area contributed by atoms with Crippen LogP contribution in [-0.2, 0) is 13.6 Å². The van der Waals surface area contributed by atoms with E-state index in [-0.39, 0.29) is 5.78 Å². The van der Waals surface area contributed by atoms with Crippen LogP contribution in [0.15, 0.2) is 41.6 Å². The molecule has 0 atom stereocenters. The van der Waals surface area contributed by atoms with Crippen molar-refractivity contribution in [3.8, 4) is 0 Å². The van der Waals surface area contributed by atoms with Gasteiger partial charge in [0.1, 0.15) is 0 Å². The van der Waals surface area contributed by atoms with E-state index in [0.717, 1.165) is 49.1 Å². The van der Waals surface area contributed by atoms with E-state index in [1.165, 1.54) is 11.3 Å². The van der Waals surface area contributed by atoms with Crippen LogP contribution >= 0.6 is 11.6 Å². The minimum atomic E-state index is 0.114. The second kappa shape index (κ2) is 11.2.